The number of morpholine rings is 1. The summed E-state index contributed by atoms with van der Waals surface area (Å²) in [5, 5.41) is 9.31. The zero-order valence-corrected chi connectivity index (χ0v) is 10.9. The van der Waals surface area contributed by atoms with E-state index in [1.54, 1.807) is 6.20 Å². The van der Waals surface area contributed by atoms with Crippen molar-refractivity contribution in [2.45, 2.75) is 12.6 Å². The van der Waals surface area contributed by atoms with Gasteiger partial charge in [-0.1, -0.05) is 12.2 Å². The number of thiocarbonyl (C=S) groups is 1. The number of nitrogens with two attached hydrogens (primary N) is 1. The van der Waals surface area contributed by atoms with E-state index in [9.17, 15) is 5.11 Å². The molecule has 0 radical (unpaired) electrons. The summed E-state index contributed by atoms with van der Waals surface area (Å²) in [5.74, 6) is 0. The van der Waals surface area contributed by atoms with Crippen LogP contribution in [0, 0.1) is 0 Å². The first-order chi connectivity index (χ1) is 8.70. The Morgan fingerprint density at radius 1 is 1.67 bits per heavy atom. The molecule has 1 saturated heterocycles. The molecule has 0 bridgehead atoms. The van der Waals surface area contributed by atoms with Gasteiger partial charge in [0.05, 0.1) is 31.6 Å². The third-order valence-corrected chi connectivity index (χ3v) is 3.23. The summed E-state index contributed by atoms with van der Waals surface area (Å²) in [6.45, 7) is 2.93. The van der Waals surface area contributed by atoms with Crippen molar-refractivity contribution in [2.24, 2.45) is 5.73 Å². The molecule has 2 heterocycles. The standard InChI is InChI=1S/C12H17N3O2S/c13-12(18)11-5-9(1-2-14-11)6-15-3-4-17-8-10(15)7-16/h1-2,5,10,16H,3-4,6-8H2,(H2,13,18). The zero-order valence-electron chi connectivity index (χ0n) is 10.1. The van der Waals surface area contributed by atoms with Crippen LogP contribution in [0.5, 0.6) is 0 Å². The number of aliphatic hydroxyl groups excluding tert-OH is 1. The first-order valence-corrected chi connectivity index (χ1v) is 6.29. The molecule has 1 aromatic rings. The van der Waals surface area contributed by atoms with Crippen molar-refractivity contribution in [3.8, 4) is 0 Å². The van der Waals surface area contributed by atoms with Crippen molar-refractivity contribution >= 4 is 17.2 Å². The van der Waals surface area contributed by atoms with Gasteiger partial charge in [-0.3, -0.25) is 9.88 Å². The van der Waals surface area contributed by atoms with Gasteiger partial charge in [0.15, 0.2) is 0 Å². The molecule has 0 aliphatic carbocycles. The van der Waals surface area contributed by atoms with Crippen molar-refractivity contribution in [3.63, 3.8) is 0 Å². The molecule has 1 aromatic heterocycles. The van der Waals surface area contributed by atoms with Crippen molar-refractivity contribution in [1.82, 2.24) is 9.88 Å². The highest BCUT2D eigenvalue weighted by molar-refractivity contribution is 7.80. The molecule has 1 fully saturated rings. The Hall–Kier alpha value is -1.08. The highest BCUT2D eigenvalue weighted by Crippen LogP contribution is 2.12. The fourth-order valence-electron chi connectivity index (χ4n) is 2.01. The maximum absolute atomic E-state index is 9.31. The molecule has 0 saturated carbocycles. The zero-order chi connectivity index (χ0) is 13.0. The van der Waals surface area contributed by atoms with Crippen LogP contribution in [0.2, 0.25) is 0 Å². The molecular weight excluding hydrogens is 250 g/mol. The van der Waals surface area contributed by atoms with E-state index in [0.29, 0.717) is 23.9 Å². The predicted octanol–water partition coefficient (Wildman–Crippen LogP) is -0.0911. The topological polar surface area (TPSA) is 71.6 Å². The van der Waals surface area contributed by atoms with E-state index in [1.165, 1.54) is 0 Å². The summed E-state index contributed by atoms with van der Waals surface area (Å²) < 4.78 is 5.35. The Balaban J connectivity index is 2.07. The first kappa shape index (κ1) is 13.4. The number of aromatic nitrogens is 1. The van der Waals surface area contributed by atoms with Gasteiger partial charge in [-0.2, -0.15) is 0 Å². The summed E-state index contributed by atoms with van der Waals surface area (Å²) >= 11 is 4.91. The lowest BCUT2D eigenvalue weighted by molar-refractivity contribution is -0.0312. The van der Waals surface area contributed by atoms with Crippen molar-refractivity contribution in [1.29, 1.82) is 0 Å². The number of rotatable bonds is 4. The van der Waals surface area contributed by atoms with Gasteiger partial charge in [0.25, 0.3) is 0 Å². The van der Waals surface area contributed by atoms with Crippen LogP contribution in [0.1, 0.15) is 11.3 Å². The largest absolute Gasteiger partial charge is 0.395 e. The lowest BCUT2D eigenvalue weighted by Crippen LogP contribution is -2.46. The Morgan fingerprint density at radius 3 is 3.22 bits per heavy atom. The molecule has 1 unspecified atom stereocenters. The van der Waals surface area contributed by atoms with Gasteiger partial charge in [0.1, 0.15) is 4.99 Å². The van der Waals surface area contributed by atoms with Crippen LogP contribution in [-0.2, 0) is 11.3 Å². The third kappa shape index (κ3) is 3.23. The second-order valence-corrected chi connectivity index (χ2v) is 4.74. The fourth-order valence-corrected chi connectivity index (χ4v) is 2.12. The third-order valence-electron chi connectivity index (χ3n) is 3.02. The summed E-state index contributed by atoms with van der Waals surface area (Å²) in [6, 6.07) is 3.89. The quantitative estimate of drug-likeness (QED) is 0.743. The van der Waals surface area contributed by atoms with Crippen LogP contribution in [0.3, 0.4) is 0 Å². The Kier molecular flexibility index (Phi) is 4.60. The minimum atomic E-state index is 0.0557. The fraction of sp³-hybridized carbons (Fsp3) is 0.500. The predicted molar refractivity (Wildman–Crippen MR) is 72.2 cm³/mol. The Bertz CT molecular complexity index is 428. The Labute approximate surface area is 112 Å². The summed E-state index contributed by atoms with van der Waals surface area (Å²) in [4.78, 5) is 6.61. The lowest BCUT2D eigenvalue weighted by atomic mass is 10.1. The van der Waals surface area contributed by atoms with E-state index in [2.05, 4.69) is 9.88 Å². The molecule has 3 N–H and O–H groups in total. The Morgan fingerprint density at radius 2 is 2.50 bits per heavy atom. The second kappa shape index (κ2) is 6.19. The van der Waals surface area contributed by atoms with E-state index in [0.717, 1.165) is 18.7 Å². The number of nitrogens with zero attached hydrogens (tertiary/aromatic N) is 2. The average molecular weight is 267 g/mol. The molecule has 1 atom stereocenters. The smallest absolute Gasteiger partial charge is 0.122 e. The van der Waals surface area contributed by atoms with Gasteiger partial charge in [-0.05, 0) is 17.7 Å². The van der Waals surface area contributed by atoms with Gasteiger partial charge in [-0.15, -0.1) is 0 Å². The monoisotopic (exact) mass is 267 g/mol. The van der Waals surface area contributed by atoms with Gasteiger partial charge in [0.2, 0.25) is 0 Å². The minimum Gasteiger partial charge on any atom is -0.395 e. The van der Waals surface area contributed by atoms with Crippen LogP contribution < -0.4 is 5.73 Å². The van der Waals surface area contributed by atoms with Crippen LogP contribution in [0.15, 0.2) is 18.3 Å². The number of hydrogen-bond acceptors (Lipinski definition) is 5. The maximum Gasteiger partial charge on any atom is 0.122 e. The van der Waals surface area contributed by atoms with Crippen LogP contribution in [-0.4, -0.2) is 52.4 Å². The molecule has 1 aliphatic heterocycles. The number of ether oxygens (including phenoxy) is 1. The summed E-state index contributed by atoms with van der Waals surface area (Å²) in [6.07, 6.45) is 1.71. The van der Waals surface area contributed by atoms with E-state index >= 15 is 0 Å². The normalized spacial score (nSPS) is 20.8. The highest BCUT2D eigenvalue weighted by Gasteiger charge is 2.22. The molecule has 5 nitrogen and oxygen atoms in total. The molecule has 0 amide bonds. The van der Waals surface area contributed by atoms with Gasteiger partial charge < -0.3 is 15.6 Å². The van der Waals surface area contributed by atoms with Gasteiger partial charge >= 0.3 is 0 Å². The number of aliphatic hydroxyl groups is 1. The second-order valence-electron chi connectivity index (χ2n) is 4.30. The summed E-state index contributed by atoms with van der Waals surface area (Å²) in [5.41, 5.74) is 7.29. The molecule has 2 rings (SSSR count). The molecule has 1 aliphatic rings. The van der Waals surface area contributed by atoms with Crippen LogP contribution >= 0.6 is 12.2 Å². The molecule has 18 heavy (non-hydrogen) atoms. The average Bonchev–Trinajstić information content (AvgIpc) is 2.39. The molecular formula is C12H17N3O2S. The van der Waals surface area contributed by atoms with Crippen molar-refractivity contribution in [3.05, 3.63) is 29.6 Å². The van der Waals surface area contributed by atoms with Gasteiger partial charge in [0, 0.05) is 19.3 Å². The number of pyridine rings is 1. The summed E-state index contributed by atoms with van der Waals surface area (Å²) in [7, 11) is 0. The number of hydrogen-bond donors (Lipinski definition) is 2. The van der Waals surface area contributed by atoms with Crippen LogP contribution in [0.4, 0.5) is 0 Å². The molecule has 0 aromatic carbocycles. The van der Waals surface area contributed by atoms with E-state index in [4.69, 9.17) is 22.7 Å². The SMILES string of the molecule is NC(=S)c1cc(CN2CCOCC2CO)ccn1. The highest BCUT2D eigenvalue weighted by atomic mass is 32.1. The molecule has 0 spiro atoms. The van der Waals surface area contributed by atoms with Crippen molar-refractivity contribution < 1.29 is 9.84 Å². The van der Waals surface area contributed by atoms with Crippen LogP contribution in [0.25, 0.3) is 0 Å². The molecule has 6 heteroatoms. The van der Waals surface area contributed by atoms with E-state index in [1.807, 2.05) is 12.1 Å². The van der Waals surface area contributed by atoms with E-state index in [-0.39, 0.29) is 12.6 Å². The van der Waals surface area contributed by atoms with Crippen molar-refractivity contribution in [2.75, 3.05) is 26.4 Å². The lowest BCUT2D eigenvalue weighted by Gasteiger charge is -2.34. The van der Waals surface area contributed by atoms with Gasteiger partial charge in [-0.25, -0.2) is 0 Å². The minimum absolute atomic E-state index is 0.0557. The van der Waals surface area contributed by atoms with E-state index < -0.39 is 0 Å². The first-order valence-electron chi connectivity index (χ1n) is 5.88. The molecule has 98 valence electrons. The maximum atomic E-state index is 9.31.